The van der Waals surface area contributed by atoms with Gasteiger partial charge in [-0.2, -0.15) is 5.06 Å². The van der Waals surface area contributed by atoms with Crippen molar-refractivity contribution >= 4 is 0 Å². The van der Waals surface area contributed by atoms with E-state index in [-0.39, 0.29) is 6.04 Å². The van der Waals surface area contributed by atoms with Gasteiger partial charge in [-0.1, -0.05) is 60.7 Å². The highest BCUT2D eigenvalue weighted by Crippen LogP contribution is 2.10. The molecule has 0 saturated carbocycles. The van der Waals surface area contributed by atoms with Crippen molar-refractivity contribution in [1.29, 1.82) is 0 Å². The first kappa shape index (κ1) is 12.8. The predicted octanol–water partition coefficient (Wildman–Crippen LogP) is 3.51. The Hall–Kier alpha value is -1.64. The standard InChI is InChI=1S/C16H19NO/c1-14(12-15-8-4-2-5-9-15)17(18)13-16-10-6-3-7-11-16/h2-11,14,18H,12-13H2,1H3. The quantitative estimate of drug-likeness (QED) is 0.810. The Morgan fingerprint density at radius 3 is 1.94 bits per heavy atom. The highest BCUT2D eigenvalue weighted by molar-refractivity contribution is 5.16. The Bertz CT molecular complexity index is 410. The summed E-state index contributed by atoms with van der Waals surface area (Å²) in [4.78, 5) is 0. The summed E-state index contributed by atoms with van der Waals surface area (Å²) in [5.41, 5.74) is 2.37. The molecule has 0 aliphatic rings. The van der Waals surface area contributed by atoms with Crippen molar-refractivity contribution < 1.29 is 5.21 Å². The van der Waals surface area contributed by atoms with E-state index in [2.05, 4.69) is 12.1 Å². The van der Waals surface area contributed by atoms with Crippen LogP contribution in [0.3, 0.4) is 0 Å². The Morgan fingerprint density at radius 2 is 1.39 bits per heavy atom. The molecule has 0 aromatic heterocycles. The molecule has 0 bridgehead atoms. The van der Waals surface area contributed by atoms with Crippen molar-refractivity contribution in [3.8, 4) is 0 Å². The van der Waals surface area contributed by atoms with Gasteiger partial charge < -0.3 is 5.21 Å². The molecule has 0 amide bonds. The van der Waals surface area contributed by atoms with Gasteiger partial charge in [-0.3, -0.25) is 0 Å². The minimum atomic E-state index is 0.104. The van der Waals surface area contributed by atoms with Gasteiger partial charge in [0.2, 0.25) is 0 Å². The molecule has 2 aromatic carbocycles. The van der Waals surface area contributed by atoms with Crippen molar-refractivity contribution in [2.45, 2.75) is 25.9 Å². The van der Waals surface area contributed by atoms with Crippen LogP contribution >= 0.6 is 0 Å². The first-order valence-electron chi connectivity index (χ1n) is 6.29. The van der Waals surface area contributed by atoms with Crippen LogP contribution in [0.5, 0.6) is 0 Å². The summed E-state index contributed by atoms with van der Waals surface area (Å²) in [6, 6.07) is 20.4. The second-order valence-corrected chi connectivity index (χ2v) is 4.62. The van der Waals surface area contributed by atoms with E-state index in [1.54, 1.807) is 0 Å². The zero-order valence-electron chi connectivity index (χ0n) is 10.7. The number of rotatable bonds is 5. The lowest BCUT2D eigenvalue weighted by molar-refractivity contribution is -0.130. The predicted molar refractivity (Wildman–Crippen MR) is 73.4 cm³/mol. The van der Waals surface area contributed by atoms with Crippen molar-refractivity contribution in [2.75, 3.05) is 0 Å². The Morgan fingerprint density at radius 1 is 0.889 bits per heavy atom. The van der Waals surface area contributed by atoms with Gasteiger partial charge in [-0.15, -0.1) is 0 Å². The molecule has 1 atom stereocenters. The van der Waals surface area contributed by atoms with Crippen LogP contribution < -0.4 is 0 Å². The third kappa shape index (κ3) is 3.69. The van der Waals surface area contributed by atoms with Gasteiger partial charge in [0, 0.05) is 12.6 Å². The van der Waals surface area contributed by atoms with Crippen LogP contribution in [-0.4, -0.2) is 16.3 Å². The molecule has 1 unspecified atom stereocenters. The molecule has 0 aliphatic carbocycles. The summed E-state index contributed by atoms with van der Waals surface area (Å²) in [5, 5.41) is 11.5. The van der Waals surface area contributed by atoms with Gasteiger partial charge in [-0.05, 0) is 24.5 Å². The highest BCUT2D eigenvalue weighted by Gasteiger charge is 2.12. The maximum absolute atomic E-state index is 10.1. The summed E-state index contributed by atoms with van der Waals surface area (Å²) in [6.07, 6.45) is 0.851. The lowest BCUT2D eigenvalue weighted by Crippen LogP contribution is -2.31. The van der Waals surface area contributed by atoms with Crippen molar-refractivity contribution in [1.82, 2.24) is 5.06 Å². The summed E-state index contributed by atoms with van der Waals surface area (Å²) in [7, 11) is 0. The van der Waals surface area contributed by atoms with Crippen LogP contribution in [0.2, 0.25) is 0 Å². The van der Waals surface area contributed by atoms with Gasteiger partial charge in [0.1, 0.15) is 0 Å². The minimum absolute atomic E-state index is 0.104. The molecule has 2 heteroatoms. The van der Waals surface area contributed by atoms with E-state index in [1.807, 2.05) is 55.5 Å². The first-order chi connectivity index (χ1) is 8.75. The van der Waals surface area contributed by atoms with Crippen molar-refractivity contribution in [3.05, 3.63) is 71.8 Å². The van der Waals surface area contributed by atoms with E-state index < -0.39 is 0 Å². The average molecular weight is 241 g/mol. The van der Waals surface area contributed by atoms with Crippen LogP contribution in [0.25, 0.3) is 0 Å². The number of nitrogens with zero attached hydrogens (tertiary/aromatic N) is 1. The lowest BCUT2D eigenvalue weighted by atomic mass is 10.1. The van der Waals surface area contributed by atoms with Crippen molar-refractivity contribution in [3.63, 3.8) is 0 Å². The van der Waals surface area contributed by atoms with Crippen LogP contribution in [0.4, 0.5) is 0 Å². The maximum atomic E-state index is 10.1. The molecule has 0 aliphatic heterocycles. The largest absolute Gasteiger partial charge is 0.313 e. The normalized spacial score (nSPS) is 12.6. The summed E-state index contributed by atoms with van der Waals surface area (Å²) < 4.78 is 0. The molecule has 18 heavy (non-hydrogen) atoms. The zero-order chi connectivity index (χ0) is 12.8. The average Bonchev–Trinajstić information content (AvgIpc) is 2.41. The summed E-state index contributed by atoms with van der Waals surface area (Å²) in [6.45, 7) is 2.60. The Labute approximate surface area is 108 Å². The Kier molecular flexibility index (Phi) is 4.51. The monoisotopic (exact) mass is 241 g/mol. The number of hydroxylamine groups is 2. The van der Waals surface area contributed by atoms with Crippen LogP contribution in [0, 0.1) is 0 Å². The Balaban J connectivity index is 1.91. The number of benzene rings is 2. The molecular weight excluding hydrogens is 222 g/mol. The topological polar surface area (TPSA) is 23.5 Å². The molecule has 0 heterocycles. The van der Waals surface area contributed by atoms with E-state index in [4.69, 9.17) is 0 Å². The minimum Gasteiger partial charge on any atom is -0.313 e. The molecular formula is C16H19NO. The van der Waals surface area contributed by atoms with Gasteiger partial charge in [0.15, 0.2) is 0 Å². The molecule has 94 valence electrons. The number of hydrogen-bond donors (Lipinski definition) is 1. The third-order valence-electron chi connectivity index (χ3n) is 3.07. The van der Waals surface area contributed by atoms with E-state index in [0.717, 1.165) is 12.0 Å². The molecule has 0 fully saturated rings. The SMILES string of the molecule is CC(Cc1ccccc1)N(O)Cc1ccccc1. The first-order valence-corrected chi connectivity index (χ1v) is 6.29. The highest BCUT2D eigenvalue weighted by atomic mass is 16.5. The fourth-order valence-electron chi connectivity index (χ4n) is 1.99. The van der Waals surface area contributed by atoms with Gasteiger partial charge in [0.25, 0.3) is 0 Å². The number of hydrogen-bond acceptors (Lipinski definition) is 2. The van der Waals surface area contributed by atoms with E-state index in [0.29, 0.717) is 6.54 Å². The molecule has 2 nitrogen and oxygen atoms in total. The fraction of sp³-hybridized carbons (Fsp3) is 0.250. The molecule has 2 rings (SSSR count). The van der Waals surface area contributed by atoms with Gasteiger partial charge in [-0.25, -0.2) is 0 Å². The second kappa shape index (κ2) is 6.34. The van der Waals surface area contributed by atoms with E-state index in [1.165, 1.54) is 10.6 Å². The van der Waals surface area contributed by atoms with E-state index >= 15 is 0 Å². The van der Waals surface area contributed by atoms with Gasteiger partial charge >= 0.3 is 0 Å². The molecule has 0 spiro atoms. The van der Waals surface area contributed by atoms with Crippen LogP contribution in [0.15, 0.2) is 60.7 Å². The smallest absolute Gasteiger partial charge is 0.0491 e. The molecule has 0 radical (unpaired) electrons. The lowest BCUT2D eigenvalue weighted by Gasteiger charge is -2.22. The van der Waals surface area contributed by atoms with Crippen LogP contribution in [-0.2, 0) is 13.0 Å². The van der Waals surface area contributed by atoms with Gasteiger partial charge in [0.05, 0.1) is 0 Å². The van der Waals surface area contributed by atoms with Crippen molar-refractivity contribution in [2.24, 2.45) is 0 Å². The second-order valence-electron chi connectivity index (χ2n) is 4.62. The summed E-state index contributed by atoms with van der Waals surface area (Å²) in [5.74, 6) is 0. The molecule has 2 aromatic rings. The summed E-state index contributed by atoms with van der Waals surface area (Å²) >= 11 is 0. The third-order valence-corrected chi connectivity index (χ3v) is 3.07. The maximum Gasteiger partial charge on any atom is 0.0491 e. The fourth-order valence-corrected chi connectivity index (χ4v) is 1.99. The van der Waals surface area contributed by atoms with Crippen LogP contribution in [0.1, 0.15) is 18.1 Å². The zero-order valence-corrected chi connectivity index (χ0v) is 10.7. The molecule has 1 N–H and O–H groups in total. The van der Waals surface area contributed by atoms with E-state index in [9.17, 15) is 5.21 Å². The molecule has 0 saturated heterocycles.